The van der Waals surface area contributed by atoms with E-state index >= 15 is 0 Å². The van der Waals surface area contributed by atoms with E-state index in [4.69, 9.17) is 11.6 Å². The topological polar surface area (TPSA) is 66.5 Å². The molecule has 0 saturated heterocycles. The third-order valence-corrected chi connectivity index (χ3v) is 7.92. The zero-order chi connectivity index (χ0) is 19.7. The quantitative estimate of drug-likeness (QED) is 0.775. The molecule has 4 rings (SSSR count). The zero-order valence-electron chi connectivity index (χ0n) is 15.4. The molecule has 0 unspecified atom stereocenters. The molecular formula is C21H23ClN2O3S. The second-order valence-corrected chi connectivity index (χ2v) is 9.89. The summed E-state index contributed by atoms with van der Waals surface area (Å²) in [4.78, 5) is 12.9. The Morgan fingerprint density at radius 2 is 1.75 bits per heavy atom. The van der Waals surface area contributed by atoms with E-state index in [-0.39, 0.29) is 28.4 Å². The lowest BCUT2D eigenvalue weighted by Crippen LogP contribution is -2.46. The summed E-state index contributed by atoms with van der Waals surface area (Å²) in [7, 11) is -3.93. The average molecular weight is 419 g/mol. The molecule has 0 radical (unpaired) electrons. The third-order valence-electron chi connectivity index (χ3n) is 5.82. The number of nitrogens with one attached hydrogen (secondary N) is 1. The maximum Gasteiger partial charge on any atom is 0.264 e. The van der Waals surface area contributed by atoms with E-state index in [0.29, 0.717) is 17.5 Å². The molecule has 1 N–H and O–H groups in total. The summed E-state index contributed by atoms with van der Waals surface area (Å²) in [5, 5.41) is 3.35. The smallest absolute Gasteiger partial charge is 0.264 e. The van der Waals surface area contributed by atoms with Crippen molar-refractivity contribution in [3.63, 3.8) is 0 Å². The van der Waals surface area contributed by atoms with Gasteiger partial charge in [0.05, 0.1) is 15.6 Å². The van der Waals surface area contributed by atoms with Crippen molar-refractivity contribution < 1.29 is 13.2 Å². The minimum Gasteiger partial charge on any atom is -0.352 e. The summed E-state index contributed by atoms with van der Waals surface area (Å²) >= 11 is 6.28. The van der Waals surface area contributed by atoms with E-state index in [1.165, 1.54) is 25.0 Å². The molecule has 2 aromatic rings. The number of amides is 1. The van der Waals surface area contributed by atoms with E-state index in [1.54, 1.807) is 42.5 Å². The van der Waals surface area contributed by atoms with Gasteiger partial charge in [-0.05, 0) is 55.4 Å². The minimum absolute atomic E-state index is 0.127. The first-order valence-corrected chi connectivity index (χ1v) is 11.4. The van der Waals surface area contributed by atoms with Crippen LogP contribution in [0.5, 0.6) is 0 Å². The van der Waals surface area contributed by atoms with Gasteiger partial charge in [-0.2, -0.15) is 0 Å². The fraction of sp³-hybridized carbons (Fsp3) is 0.381. The summed E-state index contributed by atoms with van der Waals surface area (Å²) in [6.45, 7) is -0.297. The molecule has 28 heavy (non-hydrogen) atoms. The second kappa shape index (κ2) is 7.76. The normalized spacial score (nSPS) is 23.5. The number of para-hydroxylation sites is 1. The first-order chi connectivity index (χ1) is 13.4. The van der Waals surface area contributed by atoms with Gasteiger partial charge >= 0.3 is 0 Å². The van der Waals surface area contributed by atoms with Crippen LogP contribution in [0.2, 0.25) is 5.02 Å². The van der Waals surface area contributed by atoms with E-state index in [9.17, 15) is 13.2 Å². The standard InChI is InChI=1S/C21H23ClN2O3S/c22-18-8-4-5-9-20(18)24(28(26,27)17-6-2-1-3-7-17)14-21(25)23-19-13-15-10-11-16(19)12-15/h1-9,15-16,19H,10-14H2,(H,23,25)/t15-,16-,19-/m0/s1. The zero-order valence-corrected chi connectivity index (χ0v) is 17.0. The Hall–Kier alpha value is -2.05. The van der Waals surface area contributed by atoms with Crippen LogP contribution in [0.4, 0.5) is 5.69 Å². The van der Waals surface area contributed by atoms with E-state index in [0.717, 1.165) is 17.1 Å². The van der Waals surface area contributed by atoms with Gasteiger partial charge < -0.3 is 5.32 Å². The molecule has 0 aromatic heterocycles. The number of rotatable bonds is 6. The van der Waals surface area contributed by atoms with Gasteiger partial charge in [0.2, 0.25) is 5.91 Å². The molecule has 5 nitrogen and oxygen atoms in total. The number of sulfonamides is 1. The molecule has 0 heterocycles. The third kappa shape index (κ3) is 3.76. The van der Waals surface area contributed by atoms with E-state index in [2.05, 4.69) is 5.32 Å². The first-order valence-electron chi connectivity index (χ1n) is 9.57. The summed E-state index contributed by atoms with van der Waals surface area (Å²) < 4.78 is 27.6. The van der Waals surface area contributed by atoms with Gasteiger partial charge in [-0.25, -0.2) is 8.42 Å². The molecule has 3 atom stereocenters. The predicted molar refractivity (Wildman–Crippen MR) is 110 cm³/mol. The van der Waals surface area contributed by atoms with Gasteiger partial charge in [0.1, 0.15) is 6.54 Å². The van der Waals surface area contributed by atoms with Crippen LogP contribution < -0.4 is 9.62 Å². The van der Waals surface area contributed by atoms with E-state index in [1.807, 2.05) is 0 Å². The first kappa shape index (κ1) is 19.3. The van der Waals surface area contributed by atoms with Crippen LogP contribution in [0, 0.1) is 11.8 Å². The lowest BCUT2D eigenvalue weighted by atomic mass is 9.95. The lowest BCUT2D eigenvalue weighted by Gasteiger charge is -2.27. The van der Waals surface area contributed by atoms with Crippen molar-refractivity contribution in [3.8, 4) is 0 Å². The highest BCUT2D eigenvalue weighted by Gasteiger charge is 2.40. The Bertz CT molecular complexity index is 965. The SMILES string of the molecule is O=C(CN(c1ccccc1Cl)S(=O)(=O)c1ccccc1)N[C@H]1C[C@H]2CC[C@H]1C2. The molecule has 7 heteroatoms. The molecule has 2 aromatic carbocycles. The molecule has 2 aliphatic carbocycles. The maximum absolute atomic E-state index is 13.3. The van der Waals surface area contributed by atoms with Crippen molar-refractivity contribution in [2.24, 2.45) is 11.8 Å². The second-order valence-electron chi connectivity index (χ2n) is 7.63. The van der Waals surface area contributed by atoms with Crippen LogP contribution in [0.15, 0.2) is 59.5 Å². The fourth-order valence-corrected chi connectivity index (χ4v) is 6.23. The number of fused-ring (bicyclic) bond motifs is 2. The largest absolute Gasteiger partial charge is 0.352 e. The molecule has 2 aliphatic rings. The van der Waals surface area contributed by atoms with Crippen molar-refractivity contribution in [1.29, 1.82) is 0 Å². The lowest BCUT2D eigenvalue weighted by molar-refractivity contribution is -0.120. The Morgan fingerprint density at radius 1 is 1.04 bits per heavy atom. The van der Waals surface area contributed by atoms with Gasteiger partial charge in [0.25, 0.3) is 10.0 Å². The summed E-state index contributed by atoms with van der Waals surface area (Å²) in [5.74, 6) is 0.924. The van der Waals surface area contributed by atoms with Gasteiger partial charge in [0.15, 0.2) is 0 Å². The summed E-state index contributed by atoms with van der Waals surface area (Å²) in [5.41, 5.74) is 0.302. The molecule has 1 amide bonds. The van der Waals surface area contributed by atoms with Crippen molar-refractivity contribution in [3.05, 3.63) is 59.6 Å². The highest BCUT2D eigenvalue weighted by atomic mass is 35.5. The van der Waals surface area contributed by atoms with Gasteiger partial charge in [-0.3, -0.25) is 9.10 Å². The number of anilines is 1. The van der Waals surface area contributed by atoms with Crippen LogP contribution in [0.1, 0.15) is 25.7 Å². The highest BCUT2D eigenvalue weighted by Crippen LogP contribution is 2.44. The Labute approximate surface area is 170 Å². The van der Waals surface area contributed by atoms with Crippen LogP contribution in [-0.2, 0) is 14.8 Å². The van der Waals surface area contributed by atoms with Gasteiger partial charge in [0, 0.05) is 6.04 Å². The van der Waals surface area contributed by atoms with Crippen molar-refractivity contribution in [2.45, 2.75) is 36.6 Å². The summed E-state index contributed by atoms with van der Waals surface area (Å²) in [6.07, 6.45) is 4.55. The van der Waals surface area contributed by atoms with Crippen LogP contribution >= 0.6 is 11.6 Å². The predicted octanol–water partition coefficient (Wildman–Crippen LogP) is 3.84. The molecule has 2 saturated carbocycles. The monoisotopic (exact) mass is 418 g/mol. The van der Waals surface area contributed by atoms with Crippen molar-refractivity contribution in [2.75, 3.05) is 10.8 Å². The van der Waals surface area contributed by atoms with Gasteiger partial charge in [-0.1, -0.05) is 48.4 Å². The highest BCUT2D eigenvalue weighted by molar-refractivity contribution is 7.92. The molecule has 148 valence electrons. The number of nitrogens with zero attached hydrogens (tertiary/aromatic N) is 1. The number of carbonyl (C=O) groups excluding carboxylic acids is 1. The summed E-state index contributed by atoms with van der Waals surface area (Å²) in [6, 6.07) is 14.9. The van der Waals surface area contributed by atoms with Crippen LogP contribution in [0.3, 0.4) is 0 Å². The Kier molecular flexibility index (Phi) is 5.34. The van der Waals surface area contributed by atoms with Crippen molar-refractivity contribution >= 4 is 33.2 Å². The number of hydrogen-bond acceptors (Lipinski definition) is 3. The van der Waals surface area contributed by atoms with Crippen LogP contribution in [-0.4, -0.2) is 26.9 Å². The minimum atomic E-state index is -3.93. The fourth-order valence-electron chi connectivity index (χ4n) is 4.48. The number of halogens is 1. The molecule has 0 aliphatic heterocycles. The number of carbonyl (C=O) groups is 1. The molecule has 2 bridgehead atoms. The van der Waals surface area contributed by atoms with Crippen LogP contribution in [0.25, 0.3) is 0 Å². The number of benzene rings is 2. The molecule has 0 spiro atoms. The Morgan fingerprint density at radius 3 is 2.39 bits per heavy atom. The van der Waals surface area contributed by atoms with Crippen molar-refractivity contribution in [1.82, 2.24) is 5.32 Å². The maximum atomic E-state index is 13.3. The van der Waals surface area contributed by atoms with Gasteiger partial charge in [-0.15, -0.1) is 0 Å². The average Bonchev–Trinajstić information content (AvgIpc) is 3.30. The van der Waals surface area contributed by atoms with E-state index < -0.39 is 10.0 Å². The molecule has 2 fully saturated rings. The molecular weight excluding hydrogens is 396 g/mol. The Balaban J connectivity index is 1.60. The number of hydrogen-bond donors (Lipinski definition) is 1.